The summed E-state index contributed by atoms with van der Waals surface area (Å²) in [5.74, 6) is -0.543. The SMILES string of the molecule is CNCC(C)C(=O)NCC(=O)Nc1ccc(Br)cc1.Cl. The topological polar surface area (TPSA) is 70.2 Å². The van der Waals surface area contributed by atoms with Gasteiger partial charge in [0.25, 0.3) is 0 Å². The number of hydrogen-bond donors (Lipinski definition) is 3. The van der Waals surface area contributed by atoms with Crippen molar-refractivity contribution in [3.8, 4) is 0 Å². The zero-order chi connectivity index (χ0) is 14.3. The van der Waals surface area contributed by atoms with E-state index in [2.05, 4.69) is 31.9 Å². The fourth-order valence-corrected chi connectivity index (χ4v) is 1.74. The molecule has 2 amide bonds. The zero-order valence-corrected chi connectivity index (χ0v) is 13.8. The van der Waals surface area contributed by atoms with Crippen LogP contribution in [0.3, 0.4) is 0 Å². The smallest absolute Gasteiger partial charge is 0.243 e. The second-order valence-corrected chi connectivity index (χ2v) is 5.15. The molecule has 0 aliphatic carbocycles. The van der Waals surface area contributed by atoms with Gasteiger partial charge in [-0.3, -0.25) is 9.59 Å². The normalized spacial score (nSPS) is 11.2. The Hall–Kier alpha value is -1.11. The largest absolute Gasteiger partial charge is 0.347 e. The van der Waals surface area contributed by atoms with Crippen LogP contribution < -0.4 is 16.0 Å². The Morgan fingerprint density at radius 1 is 1.25 bits per heavy atom. The Morgan fingerprint density at radius 3 is 2.40 bits per heavy atom. The molecule has 112 valence electrons. The average Bonchev–Trinajstić information content (AvgIpc) is 2.39. The molecule has 7 heteroatoms. The van der Waals surface area contributed by atoms with Gasteiger partial charge >= 0.3 is 0 Å². The molecule has 1 aromatic carbocycles. The predicted molar refractivity (Wildman–Crippen MR) is 86.1 cm³/mol. The van der Waals surface area contributed by atoms with Crippen molar-refractivity contribution in [2.45, 2.75) is 6.92 Å². The van der Waals surface area contributed by atoms with Crippen LogP contribution in [-0.4, -0.2) is 32.0 Å². The van der Waals surface area contributed by atoms with Crippen LogP contribution in [0.5, 0.6) is 0 Å². The number of amides is 2. The van der Waals surface area contributed by atoms with Gasteiger partial charge in [0.15, 0.2) is 0 Å². The van der Waals surface area contributed by atoms with Crippen molar-refractivity contribution in [3.05, 3.63) is 28.7 Å². The number of nitrogens with one attached hydrogen (secondary N) is 3. The minimum atomic E-state index is -0.243. The van der Waals surface area contributed by atoms with E-state index in [1.807, 2.05) is 12.1 Å². The standard InChI is InChI=1S/C13H18BrN3O2.ClH/c1-9(7-15-2)13(19)16-8-12(18)17-11-5-3-10(14)4-6-11;/h3-6,9,15H,7-8H2,1-2H3,(H,16,19)(H,17,18);1H. The van der Waals surface area contributed by atoms with Crippen LogP contribution >= 0.6 is 28.3 Å². The van der Waals surface area contributed by atoms with Crippen LogP contribution in [0.25, 0.3) is 0 Å². The highest BCUT2D eigenvalue weighted by Gasteiger charge is 2.12. The van der Waals surface area contributed by atoms with Crippen molar-refractivity contribution in [1.82, 2.24) is 10.6 Å². The third kappa shape index (κ3) is 6.88. The molecule has 0 aliphatic heterocycles. The van der Waals surface area contributed by atoms with E-state index >= 15 is 0 Å². The highest BCUT2D eigenvalue weighted by molar-refractivity contribution is 9.10. The fourth-order valence-electron chi connectivity index (χ4n) is 1.48. The first kappa shape index (κ1) is 18.9. The fraction of sp³-hybridized carbons (Fsp3) is 0.385. The number of benzene rings is 1. The molecule has 20 heavy (non-hydrogen) atoms. The summed E-state index contributed by atoms with van der Waals surface area (Å²) in [7, 11) is 1.78. The van der Waals surface area contributed by atoms with Gasteiger partial charge in [0.1, 0.15) is 0 Å². The van der Waals surface area contributed by atoms with Crippen molar-refractivity contribution in [3.63, 3.8) is 0 Å². The summed E-state index contributed by atoms with van der Waals surface area (Å²) in [5.41, 5.74) is 0.700. The number of carbonyl (C=O) groups excluding carboxylic acids is 2. The molecular formula is C13H19BrClN3O2. The summed E-state index contributed by atoms with van der Waals surface area (Å²) in [6, 6.07) is 7.24. The third-order valence-electron chi connectivity index (χ3n) is 2.51. The van der Waals surface area contributed by atoms with Crippen LogP contribution in [0.15, 0.2) is 28.7 Å². The summed E-state index contributed by atoms with van der Waals surface area (Å²) in [4.78, 5) is 23.2. The minimum absolute atomic E-state index is 0. The first-order chi connectivity index (χ1) is 9.02. The molecule has 0 saturated carbocycles. The maximum absolute atomic E-state index is 11.6. The minimum Gasteiger partial charge on any atom is -0.347 e. The molecule has 1 aromatic rings. The van der Waals surface area contributed by atoms with E-state index in [1.54, 1.807) is 26.1 Å². The summed E-state index contributed by atoms with van der Waals surface area (Å²) in [5, 5.41) is 8.22. The lowest BCUT2D eigenvalue weighted by atomic mass is 10.1. The van der Waals surface area contributed by atoms with E-state index in [0.717, 1.165) is 4.47 Å². The van der Waals surface area contributed by atoms with Crippen LogP contribution in [0, 0.1) is 5.92 Å². The van der Waals surface area contributed by atoms with Crippen molar-refractivity contribution in [1.29, 1.82) is 0 Å². The maximum atomic E-state index is 11.6. The molecule has 0 heterocycles. The van der Waals surface area contributed by atoms with E-state index in [4.69, 9.17) is 0 Å². The van der Waals surface area contributed by atoms with Gasteiger partial charge in [0.05, 0.1) is 6.54 Å². The second kappa shape index (κ2) is 9.74. The molecule has 0 radical (unpaired) electrons. The lowest BCUT2D eigenvalue weighted by molar-refractivity contribution is -0.126. The Kier molecular flexibility index (Phi) is 9.20. The van der Waals surface area contributed by atoms with E-state index in [9.17, 15) is 9.59 Å². The summed E-state index contributed by atoms with van der Waals surface area (Å²) in [6.45, 7) is 2.36. The summed E-state index contributed by atoms with van der Waals surface area (Å²) in [6.07, 6.45) is 0. The predicted octanol–water partition coefficient (Wildman–Crippen LogP) is 1.78. The molecule has 1 unspecified atom stereocenters. The average molecular weight is 365 g/mol. The van der Waals surface area contributed by atoms with Crippen LogP contribution in [0.4, 0.5) is 5.69 Å². The van der Waals surface area contributed by atoms with Crippen LogP contribution in [-0.2, 0) is 9.59 Å². The monoisotopic (exact) mass is 363 g/mol. The quantitative estimate of drug-likeness (QED) is 0.720. The van der Waals surface area contributed by atoms with Gasteiger partial charge in [-0.2, -0.15) is 0 Å². The molecule has 1 rings (SSSR count). The molecule has 0 fully saturated rings. The molecule has 0 bridgehead atoms. The van der Waals surface area contributed by atoms with Gasteiger partial charge in [0.2, 0.25) is 11.8 Å². The van der Waals surface area contributed by atoms with Crippen molar-refractivity contribution < 1.29 is 9.59 Å². The first-order valence-corrected chi connectivity index (χ1v) is 6.80. The van der Waals surface area contributed by atoms with Gasteiger partial charge in [-0.1, -0.05) is 22.9 Å². The molecule has 0 aliphatic rings. The highest BCUT2D eigenvalue weighted by Crippen LogP contribution is 2.13. The summed E-state index contributed by atoms with van der Waals surface area (Å²) >= 11 is 3.32. The highest BCUT2D eigenvalue weighted by atomic mass is 79.9. The zero-order valence-electron chi connectivity index (χ0n) is 11.4. The van der Waals surface area contributed by atoms with E-state index < -0.39 is 0 Å². The number of hydrogen-bond acceptors (Lipinski definition) is 3. The Balaban J connectivity index is 0.00000361. The van der Waals surface area contributed by atoms with Crippen molar-refractivity contribution in [2.75, 3.05) is 25.5 Å². The first-order valence-electron chi connectivity index (χ1n) is 6.00. The number of halogens is 2. The summed E-state index contributed by atoms with van der Waals surface area (Å²) < 4.78 is 0.944. The maximum Gasteiger partial charge on any atom is 0.243 e. The number of carbonyl (C=O) groups is 2. The molecule has 1 atom stereocenters. The molecule has 3 N–H and O–H groups in total. The number of rotatable bonds is 6. The van der Waals surface area contributed by atoms with Gasteiger partial charge in [-0.15, -0.1) is 12.4 Å². The van der Waals surface area contributed by atoms with Gasteiger partial charge in [0, 0.05) is 22.6 Å². The Bertz CT molecular complexity index is 440. The third-order valence-corrected chi connectivity index (χ3v) is 3.04. The van der Waals surface area contributed by atoms with Gasteiger partial charge in [-0.05, 0) is 31.3 Å². The number of anilines is 1. The van der Waals surface area contributed by atoms with E-state index in [-0.39, 0.29) is 36.7 Å². The van der Waals surface area contributed by atoms with Gasteiger partial charge < -0.3 is 16.0 Å². The van der Waals surface area contributed by atoms with Crippen LogP contribution in [0.2, 0.25) is 0 Å². The van der Waals surface area contributed by atoms with Crippen molar-refractivity contribution >= 4 is 45.8 Å². The van der Waals surface area contributed by atoms with Crippen LogP contribution in [0.1, 0.15) is 6.92 Å². The Labute approximate surface area is 133 Å². The lowest BCUT2D eigenvalue weighted by Gasteiger charge is -2.11. The van der Waals surface area contributed by atoms with E-state index in [0.29, 0.717) is 12.2 Å². The van der Waals surface area contributed by atoms with E-state index in [1.165, 1.54) is 0 Å². The Morgan fingerprint density at radius 2 is 1.85 bits per heavy atom. The molecular weight excluding hydrogens is 346 g/mol. The molecule has 0 aromatic heterocycles. The van der Waals surface area contributed by atoms with Crippen molar-refractivity contribution in [2.24, 2.45) is 5.92 Å². The van der Waals surface area contributed by atoms with Gasteiger partial charge in [-0.25, -0.2) is 0 Å². The second-order valence-electron chi connectivity index (χ2n) is 4.23. The molecule has 5 nitrogen and oxygen atoms in total. The molecule has 0 saturated heterocycles. The lowest BCUT2D eigenvalue weighted by Crippen LogP contribution is -2.38. The molecule has 0 spiro atoms.